The van der Waals surface area contributed by atoms with Gasteiger partial charge in [0.25, 0.3) is 0 Å². The molecule has 0 fully saturated rings. The first-order valence-corrected chi connectivity index (χ1v) is 21.5. The summed E-state index contributed by atoms with van der Waals surface area (Å²) in [5, 5.41) is 8.32. The van der Waals surface area contributed by atoms with E-state index in [2.05, 4.69) is 194 Å². The van der Waals surface area contributed by atoms with E-state index in [1.54, 1.807) is 5.19 Å². The first kappa shape index (κ1) is 30.1. The Kier molecular flexibility index (Phi) is 6.89. The second kappa shape index (κ2) is 11.7. The average Bonchev–Trinajstić information content (AvgIpc) is 3.67. The molecular formula is C48H35NSSi. The molecule has 10 rings (SSSR count). The third-order valence-corrected chi connectivity index (χ3v) is 15.6. The van der Waals surface area contributed by atoms with Gasteiger partial charge in [-0.15, -0.1) is 11.3 Å². The van der Waals surface area contributed by atoms with Crippen LogP contribution in [0.3, 0.4) is 0 Å². The fourth-order valence-corrected chi connectivity index (χ4v) is 12.7. The zero-order valence-corrected chi connectivity index (χ0v) is 30.4. The highest BCUT2D eigenvalue weighted by Crippen LogP contribution is 2.45. The Bertz CT molecular complexity index is 2780. The molecule has 0 aliphatic carbocycles. The molecule has 0 saturated heterocycles. The van der Waals surface area contributed by atoms with Crippen LogP contribution in [-0.4, -0.2) is 8.07 Å². The molecule has 242 valence electrons. The Morgan fingerprint density at radius 3 is 2.02 bits per heavy atom. The van der Waals surface area contributed by atoms with Crippen molar-refractivity contribution in [3.05, 3.63) is 176 Å². The van der Waals surface area contributed by atoms with Crippen molar-refractivity contribution < 1.29 is 0 Å². The van der Waals surface area contributed by atoms with Gasteiger partial charge in [-0.05, 0) is 91.4 Å². The first-order valence-electron chi connectivity index (χ1n) is 17.7. The number of fused-ring (bicyclic) bond motifs is 8. The maximum Gasteiger partial charge on any atom is 0.114 e. The van der Waals surface area contributed by atoms with Crippen LogP contribution in [0, 0.1) is 0 Å². The van der Waals surface area contributed by atoms with E-state index >= 15 is 0 Å². The van der Waals surface area contributed by atoms with Crippen LogP contribution in [0.4, 0.5) is 17.1 Å². The van der Waals surface area contributed by atoms with Gasteiger partial charge in [0.05, 0.1) is 5.69 Å². The fraction of sp³-hybridized carbons (Fsp3) is 0.0417. The van der Waals surface area contributed by atoms with Gasteiger partial charge in [-0.25, -0.2) is 0 Å². The summed E-state index contributed by atoms with van der Waals surface area (Å²) in [6.45, 7) is 5.06. The van der Waals surface area contributed by atoms with Crippen molar-refractivity contribution in [2.75, 3.05) is 4.90 Å². The van der Waals surface area contributed by atoms with E-state index in [1.807, 2.05) is 11.3 Å². The van der Waals surface area contributed by atoms with Crippen LogP contribution in [0.1, 0.15) is 0 Å². The van der Waals surface area contributed by atoms with Crippen LogP contribution in [-0.2, 0) is 0 Å². The van der Waals surface area contributed by atoms with E-state index < -0.39 is 8.07 Å². The van der Waals surface area contributed by atoms with Crippen LogP contribution in [0.15, 0.2) is 176 Å². The zero-order chi connectivity index (χ0) is 34.1. The van der Waals surface area contributed by atoms with Gasteiger partial charge in [-0.3, -0.25) is 0 Å². The van der Waals surface area contributed by atoms with Gasteiger partial charge >= 0.3 is 0 Å². The molecule has 3 heteroatoms. The maximum atomic E-state index is 2.53. The smallest absolute Gasteiger partial charge is 0.114 e. The van der Waals surface area contributed by atoms with Crippen LogP contribution >= 0.6 is 11.3 Å². The average molecular weight is 686 g/mol. The van der Waals surface area contributed by atoms with Crippen molar-refractivity contribution in [2.24, 2.45) is 0 Å². The van der Waals surface area contributed by atoms with Gasteiger partial charge in [0.2, 0.25) is 0 Å². The summed E-state index contributed by atoms with van der Waals surface area (Å²) >= 11 is 1.95. The van der Waals surface area contributed by atoms with E-state index in [0.717, 1.165) is 5.69 Å². The Balaban J connectivity index is 1.15. The lowest BCUT2D eigenvalue weighted by molar-refractivity contribution is 1.29. The van der Waals surface area contributed by atoms with Crippen LogP contribution < -0.4 is 15.3 Å². The van der Waals surface area contributed by atoms with Gasteiger partial charge in [0.1, 0.15) is 8.07 Å². The van der Waals surface area contributed by atoms with E-state index in [-0.39, 0.29) is 0 Å². The summed E-state index contributed by atoms with van der Waals surface area (Å²) in [5.74, 6) is 0. The highest BCUT2D eigenvalue weighted by molar-refractivity contribution is 7.26. The number of hydrogen-bond donors (Lipinski definition) is 0. The van der Waals surface area contributed by atoms with Crippen molar-refractivity contribution in [3.8, 4) is 33.4 Å². The standard InChI is InChI=1S/C48H35NSSi/c1-51(2)45-29-28-41-40-17-9-11-19-44(40)50-48(41)47(45)42-27-26-38(31-46(42)51)49(43-18-10-8-16-39(43)34-13-4-3-5-14-34)37-24-22-33(23-25-37)36-21-20-32-12-6-7-15-35(32)30-36/h3-31H,1-2H3. The molecule has 0 amide bonds. The molecule has 9 aromatic rings. The van der Waals surface area contributed by atoms with Gasteiger partial charge in [-0.1, -0.05) is 147 Å². The second-order valence-electron chi connectivity index (χ2n) is 14.1. The largest absolute Gasteiger partial charge is 0.310 e. The van der Waals surface area contributed by atoms with Gasteiger partial charge in [0, 0.05) is 37.1 Å². The van der Waals surface area contributed by atoms with Crippen molar-refractivity contribution in [1.29, 1.82) is 0 Å². The Morgan fingerprint density at radius 1 is 0.451 bits per heavy atom. The lowest BCUT2D eigenvalue weighted by Crippen LogP contribution is -2.49. The number of anilines is 3. The number of para-hydroxylation sites is 1. The minimum Gasteiger partial charge on any atom is -0.310 e. The van der Waals surface area contributed by atoms with E-state index in [0.29, 0.717) is 0 Å². The molecule has 1 aromatic heterocycles. The Morgan fingerprint density at radius 2 is 1.16 bits per heavy atom. The van der Waals surface area contributed by atoms with Crippen LogP contribution in [0.25, 0.3) is 64.3 Å². The van der Waals surface area contributed by atoms with E-state index in [1.165, 1.54) is 80.9 Å². The van der Waals surface area contributed by atoms with Crippen LogP contribution in [0.2, 0.25) is 13.1 Å². The lowest BCUT2D eigenvalue weighted by atomic mass is 9.99. The molecule has 0 spiro atoms. The van der Waals surface area contributed by atoms with Gasteiger partial charge in [0.15, 0.2) is 0 Å². The molecule has 0 N–H and O–H groups in total. The third-order valence-electron chi connectivity index (χ3n) is 10.9. The highest BCUT2D eigenvalue weighted by atomic mass is 32.1. The van der Waals surface area contributed by atoms with Gasteiger partial charge in [-0.2, -0.15) is 0 Å². The molecule has 0 radical (unpaired) electrons. The molecule has 0 unspecified atom stereocenters. The quantitative estimate of drug-likeness (QED) is 0.163. The normalized spacial score (nSPS) is 13.1. The van der Waals surface area contributed by atoms with Gasteiger partial charge < -0.3 is 4.90 Å². The molecule has 8 aromatic carbocycles. The van der Waals surface area contributed by atoms with Crippen molar-refractivity contribution in [1.82, 2.24) is 0 Å². The Hall–Kier alpha value is -5.74. The monoisotopic (exact) mass is 685 g/mol. The molecular weight excluding hydrogens is 651 g/mol. The molecule has 0 bridgehead atoms. The molecule has 1 aliphatic rings. The Labute approximate surface area is 303 Å². The summed E-state index contributed by atoms with van der Waals surface area (Å²) < 4.78 is 2.79. The summed E-state index contributed by atoms with van der Waals surface area (Å²) in [7, 11) is -2.00. The number of hydrogen-bond acceptors (Lipinski definition) is 2. The number of benzene rings is 8. The summed E-state index contributed by atoms with van der Waals surface area (Å²) in [6.07, 6.45) is 0. The third kappa shape index (κ3) is 4.80. The fourth-order valence-electron chi connectivity index (χ4n) is 8.26. The summed E-state index contributed by atoms with van der Waals surface area (Å²) in [5.41, 5.74) is 11.2. The lowest BCUT2D eigenvalue weighted by Gasteiger charge is -2.29. The summed E-state index contributed by atoms with van der Waals surface area (Å²) in [6, 6.07) is 65.0. The molecule has 1 aliphatic heterocycles. The minimum atomic E-state index is -2.00. The van der Waals surface area contributed by atoms with E-state index in [9.17, 15) is 0 Å². The second-order valence-corrected chi connectivity index (χ2v) is 19.5. The topological polar surface area (TPSA) is 3.24 Å². The maximum absolute atomic E-state index is 2.53. The predicted molar refractivity (Wildman–Crippen MR) is 225 cm³/mol. The summed E-state index contributed by atoms with van der Waals surface area (Å²) in [4.78, 5) is 2.47. The van der Waals surface area contributed by atoms with Crippen LogP contribution in [0.5, 0.6) is 0 Å². The van der Waals surface area contributed by atoms with E-state index in [4.69, 9.17) is 0 Å². The molecule has 2 heterocycles. The number of nitrogens with zero attached hydrogens (tertiary/aromatic N) is 1. The molecule has 0 atom stereocenters. The number of thiophene rings is 1. The number of rotatable bonds is 5. The highest BCUT2D eigenvalue weighted by Gasteiger charge is 2.39. The van der Waals surface area contributed by atoms with Crippen molar-refractivity contribution >= 4 is 77.8 Å². The SMILES string of the molecule is C[Si]1(C)c2cc(N(c3ccc(-c4ccc5ccccc5c4)cc3)c3ccccc3-c3ccccc3)ccc2-c2c1ccc1c2sc2ccccc21. The van der Waals surface area contributed by atoms with Crippen molar-refractivity contribution in [3.63, 3.8) is 0 Å². The first-order chi connectivity index (χ1) is 25.0. The molecule has 0 saturated carbocycles. The minimum absolute atomic E-state index is 1.14. The molecule has 51 heavy (non-hydrogen) atoms. The molecule has 1 nitrogen and oxygen atoms in total. The predicted octanol–water partition coefficient (Wildman–Crippen LogP) is 12.8. The zero-order valence-electron chi connectivity index (χ0n) is 28.6. The van der Waals surface area contributed by atoms with Crippen molar-refractivity contribution in [2.45, 2.75) is 13.1 Å².